The van der Waals surface area contributed by atoms with Crippen molar-refractivity contribution in [1.29, 1.82) is 0 Å². The van der Waals surface area contributed by atoms with Gasteiger partial charge in [0.25, 0.3) is 17.4 Å². The monoisotopic (exact) mass is 997 g/mol. The largest absolute Gasteiger partial charge is 0.329 e. The van der Waals surface area contributed by atoms with Gasteiger partial charge in [0, 0.05) is 52.9 Å². The molecule has 0 radical (unpaired) electrons. The lowest BCUT2D eigenvalue weighted by atomic mass is 9.83. The highest BCUT2D eigenvalue weighted by molar-refractivity contribution is 6.02. The lowest BCUT2D eigenvalue weighted by Gasteiger charge is -2.31. The molecule has 0 spiro atoms. The minimum Gasteiger partial charge on any atom is -0.329 e. The first-order chi connectivity index (χ1) is 34.3. The van der Waals surface area contributed by atoms with Crippen LogP contribution >= 0.6 is 0 Å². The van der Waals surface area contributed by atoms with Crippen LogP contribution in [-0.4, -0.2) is 56.0 Å². The first-order valence-corrected chi connectivity index (χ1v) is 26.3. The molecule has 3 N–H and O–H groups in total. The molecule has 3 unspecified atom stereocenters. The minimum atomic E-state index is -0.459. The lowest BCUT2D eigenvalue weighted by Crippen LogP contribution is -2.49. The smallest absolute Gasteiger partial charge is 0.259 e. The van der Waals surface area contributed by atoms with E-state index in [0.717, 1.165) is 57.6 Å². The number of fused-ring (bicyclic) bond motifs is 3. The second kappa shape index (κ2) is 24.4. The van der Waals surface area contributed by atoms with E-state index in [4.69, 9.17) is 0 Å². The van der Waals surface area contributed by atoms with Crippen LogP contribution in [0.1, 0.15) is 197 Å². The second-order valence-corrected chi connectivity index (χ2v) is 21.6. The number of amides is 5. The van der Waals surface area contributed by atoms with Crippen LogP contribution < -0.4 is 21.5 Å². The summed E-state index contributed by atoms with van der Waals surface area (Å²) in [5.74, 6) is -0.464. The molecule has 1 aromatic heterocycles. The Morgan fingerprint density at radius 1 is 0.507 bits per heavy atom. The molecule has 0 saturated carbocycles. The fraction of sp³-hybridized carbons (Fsp3) is 0.475. The number of pyridine rings is 1. The van der Waals surface area contributed by atoms with Gasteiger partial charge in [0.15, 0.2) is 0 Å². The van der Waals surface area contributed by atoms with E-state index in [1.54, 1.807) is 20.6 Å². The number of benzene rings is 3. The van der Waals surface area contributed by atoms with Gasteiger partial charge in [-0.15, -0.1) is 0 Å². The number of carbonyl (C=O) groups is 5. The number of rotatable bonds is 3. The van der Waals surface area contributed by atoms with Crippen molar-refractivity contribution < 1.29 is 24.0 Å². The molecule has 4 aromatic rings. The maximum absolute atomic E-state index is 12.8. The zero-order valence-electron chi connectivity index (χ0n) is 46.7. The molecule has 3 saturated heterocycles. The van der Waals surface area contributed by atoms with Crippen molar-refractivity contribution in [2.45, 2.75) is 190 Å². The predicted octanol–water partition coefficient (Wildman–Crippen LogP) is 11.8. The summed E-state index contributed by atoms with van der Waals surface area (Å²) in [4.78, 5) is 78.0. The summed E-state index contributed by atoms with van der Waals surface area (Å²) in [6, 6.07) is 18.5. The molecule has 3 aromatic carbocycles. The van der Waals surface area contributed by atoms with E-state index in [2.05, 4.69) is 116 Å². The number of nitrogens with zero attached hydrogens (tertiary/aromatic N) is 3. The Morgan fingerprint density at radius 2 is 0.959 bits per heavy atom. The second-order valence-electron chi connectivity index (χ2n) is 21.6. The topological polar surface area (TPSA) is 150 Å². The van der Waals surface area contributed by atoms with Crippen molar-refractivity contribution in [1.82, 2.24) is 30.3 Å². The van der Waals surface area contributed by atoms with Crippen molar-refractivity contribution in [2.75, 3.05) is 0 Å². The molecule has 394 valence electrons. The van der Waals surface area contributed by atoms with Crippen LogP contribution in [-0.2, 0) is 43.7 Å². The van der Waals surface area contributed by atoms with E-state index >= 15 is 0 Å². The first-order valence-electron chi connectivity index (χ1n) is 26.3. The molecular formula is C61H84N6O6. The van der Waals surface area contributed by atoms with Crippen molar-refractivity contribution in [3.05, 3.63) is 153 Å². The molecule has 5 amide bonds. The van der Waals surface area contributed by atoms with Crippen molar-refractivity contribution in [3.8, 4) is 0 Å². The molecule has 5 aliphatic heterocycles. The van der Waals surface area contributed by atoms with Gasteiger partial charge in [0.2, 0.25) is 17.7 Å². The molecule has 9 rings (SSSR count). The summed E-state index contributed by atoms with van der Waals surface area (Å²) in [5, 5.41) is 9.84. The number of carbonyl (C=O) groups excluding carboxylic acids is 5. The number of allylic oxidation sites excluding steroid dienone is 3. The summed E-state index contributed by atoms with van der Waals surface area (Å²) >= 11 is 0. The molecule has 3 fully saturated rings. The Bertz CT molecular complexity index is 2800. The Balaban J connectivity index is 0.000000225. The average Bonchev–Trinajstić information content (AvgIpc) is 3.85. The normalized spacial score (nSPS) is 19.4. The standard InChI is InChI=1S/C19H22N2O2.2C18H22N2O2.3C2H6/c1-12-5-8-16(17(22)20-12)21-10-9-13-11-14(19(2,3)4)6-7-15(13)18(21)23;1-11-5-8-15(16(21)19-11)20-10-12-9-13(18(2,3)4)6-7-14(12)17(20)22;1-11-8-9-15(16(21)19-11)20-10-13-12(17(20)22)6-5-7-14(13)18(2,3)4;3*1-2/h6-7,9-11,16H,1,5,8H2,2-4H3,(H,20,22);6-7,9,15H,1,5,8,10H2,2-4H3,(H,19,21);5-7,15H,1,8-10H2,2-4H3,(H,19,21);3*1-2H3. The fourth-order valence-electron chi connectivity index (χ4n) is 9.49. The molecule has 5 aliphatic rings. The van der Waals surface area contributed by atoms with Crippen LogP contribution in [0.4, 0.5) is 0 Å². The van der Waals surface area contributed by atoms with Gasteiger partial charge in [-0.05, 0) is 112 Å². The Kier molecular flexibility index (Phi) is 19.8. The number of hydrogen-bond acceptors (Lipinski definition) is 6. The predicted molar refractivity (Wildman–Crippen MR) is 297 cm³/mol. The molecule has 12 nitrogen and oxygen atoms in total. The number of nitrogens with one attached hydrogen (secondary N) is 3. The number of aromatic nitrogens is 1. The van der Waals surface area contributed by atoms with Crippen molar-refractivity contribution in [2.24, 2.45) is 0 Å². The summed E-state index contributed by atoms with van der Waals surface area (Å²) in [6.45, 7) is 43.7. The maximum Gasteiger partial charge on any atom is 0.259 e. The first kappa shape index (κ1) is 59.0. The van der Waals surface area contributed by atoms with Crippen LogP contribution in [0.25, 0.3) is 10.8 Å². The average molecular weight is 997 g/mol. The molecule has 6 heterocycles. The molecular weight excluding hydrogens is 913 g/mol. The van der Waals surface area contributed by atoms with Gasteiger partial charge in [-0.2, -0.15) is 0 Å². The molecule has 12 heteroatoms. The molecule has 0 aliphatic carbocycles. The van der Waals surface area contributed by atoms with Gasteiger partial charge < -0.3 is 30.3 Å². The van der Waals surface area contributed by atoms with E-state index in [1.807, 2.05) is 84.0 Å². The van der Waals surface area contributed by atoms with Crippen LogP contribution in [0.2, 0.25) is 0 Å². The minimum absolute atomic E-state index is 0.0231. The van der Waals surface area contributed by atoms with E-state index in [-0.39, 0.29) is 57.4 Å². The summed E-state index contributed by atoms with van der Waals surface area (Å²) in [7, 11) is 0. The quantitative estimate of drug-likeness (QED) is 0.186. The number of hydrogen-bond donors (Lipinski definition) is 3. The van der Waals surface area contributed by atoms with Gasteiger partial charge in [-0.3, -0.25) is 28.8 Å². The van der Waals surface area contributed by atoms with Crippen molar-refractivity contribution >= 4 is 40.3 Å². The Hall–Kier alpha value is -6.56. The van der Waals surface area contributed by atoms with Crippen LogP contribution in [0.3, 0.4) is 0 Å². The maximum atomic E-state index is 12.8. The number of piperidine rings is 3. The van der Waals surface area contributed by atoms with E-state index in [1.165, 1.54) is 16.7 Å². The van der Waals surface area contributed by atoms with Gasteiger partial charge >= 0.3 is 0 Å². The zero-order valence-corrected chi connectivity index (χ0v) is 46.7. The summed E-state index contributed by atoms with van der Waals surface area (Å²) in [5.41, 5.74) is 9.27. The third-order valence-corrected chi connectivity index (χ3v) is 13.5. The van der Waals surface area contributed by atoms with Crippen LogP contribution in [0, 0.1) is 0 Å². The van der Waals surface area contributed by atoms with Gasteiger partial charge in [-0.25, -0.2) is 0 Å². The van der Waals surface area contributed by atoms with Crippen LogP contribution in [0.5, 0.6) is 0 Å². The zero-order chi connectivity index (χ0) is 54.9. The molecule has 73 heavy (non-hydrogen) atoms. The highest BCUT2D eigenvalue weighted by Crippen LogP contribution is 2.36. The molecule has 3 atom stereocenters. The Labute approximate surface area is 435 Å². The lowest BCUT2D eigenvalue weighted by molar-refractivity contribution is -0.127. The summed E-state index contributed by atoms with van der Waals surface area (Å²) in [6.07, 6.45) is 5.79. The van der Waals surface area contributed by atoms with Crippen molar-refractivity contribution in [3.63, 3.8) is 0 Å². The van der Waals surface area contributed by atoms with Gasteiger partial charge in [-0.1, -0.05) is 160 Å². The Morgan fingerprint density at radius 3 is 1.44 bits per heavy atom. The third-order valence-electron chi connectivity index (χ3n) is 13.5. The SMILES string of the molecule is C=C1CCC(N2Cc3c(cccc3C(C)(C)C)C2=O)C(=O)N1.C=C1CCC(N2Cc3cc(C(C)(C)C)ccc3C2=O)C(=O)N1.C=C1CCC(n2ccc3cc(C(C)(C)C)ccc3c2=O)C(=O)N1.CC.CC.CC. The summed E-state index contributed by atoms with van der Waals surface area (Å²) < 4.78 is 1.54. The highest BCUT2D eigenvalue weighted by atomic mass is 16.2. The highest BCUT2D eigenvalue weighted by Gasteiger charge is 2.41. The van der Waals surface area contributed by atoms with Gasteiger partial charge in [0.05, 0.1) is 0 Å². The van der Waals surface area contributed by atoms with E-state index in [0.29, 0.717) is 44.2 Å². The third kappa shape index (κ3) is 13.5. The molecule has 0 bridgehead atoms. The van der Waals surface area contributed by atoms with E-state index < -0.39 is 12.1 Å². The van der Waals surface area contributed by atoms with Gasteiger partial charge in [0.1, 0.15) is 18.1 Å². The van der Waals surface area contributed by atoms with E-state index in [9.17, 15) is 28.8 Å². The van der Waals surface area contributed by atoms with Crippen LogP contribution in [0.15, 0.2) is 108 Å². The fourth-order valence-corrected chi connectivity index (χ4v) is 9.49.